The van der Waals surface area contributed by atoms with E-state index in [9.17, 15) is 4.79 Å². The molecule has 0 saturated heterocycles. The van der Waals surface area contributed by atoms with E-state index in [-0.39, 0.29) is 5.91 Å². The first-order valence-corrected chi connectivity index (χ1v) is 6.29. The number of fused-ring (bicyclic) bond motifs is 3. The third kappa shape index (κ3) is 1.78. The van der Waals surface area contributed by atoms with Gasteiger partial charge < -0.3 is 4.74 Å². The van der Waals surface area contributed by atoms with Gasteiger partial charge in [-0.25, -0.2) is 4.99 Å². The lowest BCUT2D eigenvalue weighted by molar-refractivity contribution is -0.115. The number of ether oxygens (including phenoxy) is 1. The van der Waals surface area contributed by atoms with E-state index >= 15 is 0 Å². The average Bonchev–Trinajstić information content (AvgIpc) is 2.72. The Bertz CT molecular complexity index is 640. The first-order chi connectivity index (χ1) is 9.15. The van der Waals surface area contributed by atoms with Crippen LogP contribution in [0.2, 0.25) is 0 Å². The van der Waals surface area contributed by atoms with Crippen LogP contribution in [0.15, 0.2) is 53.1 Å². The lowest BCUT2D eigenvalue weighted by atomic mass is 9.87. The van der Waals surface area contributed by atoms with E-state index in [0.717, 1.165) is 12.0 Å². The SMILES string of the molecule is COC12C=CC(=NC(C)=O)C=C1Cc1ccccc12. The lowest BCUT2D eigenvalue weighted by Gasteiger charge is -2.29. The molecule has 3 rings (SSSR count). The third-order valence-corrected chi connectivity index (χ3v) is 3.69. The van der Waals surface area contributed by atoms with Crippen molar-refractivity contribution in [2.45, 2.75) is 18.9 Å². The molecular formula is C16H15NO2. The van der Waals surface area contributed by atoms with Crippen LogP contribution in [0.1, 0.15) is 18.1 Å². The van der Waals surface area contributed by atoms with Crippen LogP contribution >= 0.6 is 0 Å². The quantitative estimate of drug-likeness (QED) is 0.771. The van der Waals surface area contributed by atoms with Crippen molar-refractivity contribution >= 4 is 11.6 Å². The second-order valence-electron chi connectivity index (χ2n) is 4.83. The second-order valence-corrected chi connectivity index (χ2v) is 4.83. The van der Waals surface area contributed by atoms with Crippen molar-refractivity contribution in [3.05, 3.63) is 59.2 Å². The summed E-state index contributed by atoms with van der Waals surface area (Å²) in [5, 5.41) is 0. The molecule has 2 aliphatic rings. The van der Waals surface area contributed by atoms with Crippen molar-refractivity contribution in [3.63, 3.8) is 0 Å². The fourth-order valence-corrected chi connectivity index (χ4v) is 2.89. The summed E-state index contributed by atoms with van der Waals surface area (Å²) < 4.78 is 5.79. The van der Waals surface area contributed by atoms with E-state index < -0.39 is 5.60 Å². The first kappa shape index (κ1) is 12.1. The molecule has 0 bridgehead atoms. The van der Waals surface area contributed by atoms with E-state index in [1.807, 2.05) is 30.4 Å². The number of methoxy groups -OCH3 is 1. The van der Waals surface area contributed by atoms with Crippen LogP contribution in [0, 0.1) is 0 Å². The molecule has 0 radical (unpaired) electrons. The van der Waals surface area contributed by atoms with E-state index in [1.165, 1.54) is 18.1 Å². The molecule has 1 unspecified atom stereocenters. The van der Waals surface area contributed by atoms with Gasteiger partial charge in [-0.2, -0.15) is 0 Å². The maximum atomic E-state index is 11.1. The molecule has 1 aromatic rings. The Morgan fingerprint density at radius 2 is 2.16 bits per heavy atom. The number of hydrogen-bond acceptors (Lipinski definition) is 2. The standard InChI is InChI=1S/C16H15NO2/c1-11(18)17-14-7-8-16(19-2)13(10-14)9-12-5-3-4-6-15(12)16/h3-8,10H,9H2,1-2H3. The minimum atomic E-state index is -0.480. The van der Waals surface area contributed by atoms with Gasteiger partial charge >= 0.3 is 0 Å². The van der Waals surface area contributed by atoms with Gasteiger partial charge in [0.15, 0.2) is 0 Å². The van der Waals surface area contributed by atoms with Crippen molar-refractivity contribution < 1.29 is 9.53 Å². The molecule has 0 spiro atoms. The van der Waals surface area contributed by atoms with Crippen molar-refractivity contribution in [1.29, 1.82) is 0 Å². The molecule has 1 amide bonds. The highest BCUT2D eigenvalue weighted by Gasteiger charge is 2.42. The van der Waals surface area contributed by atoms with Crippen LogP contribution in [0.5, 0.6) is 0 Å². The summed E-state index contributed by atoms with van der Waals surface area (Å²) in [4.78, 5) is 15.1. The highest BCUT2D eigenvalue weighted by Crippen LogP contribution is 2.46. The first-order valence-electron chi connectivity index (χ1n) is 6.29. The molecule has 1 atom stereocenters. The Kier molecular flexibility index (Phi) is 2.72. The number of aliphatic imine (C=N–C) groups is 1. The Hall–Kier alpha value is -2.00. The monoisotopic (exact) mass is 253 g/mol. The molecule has 3 heteroatoms. The van der Waals surface area contributed by atoms with Crippen molar-refractivity contribution in [2.24, 2.45) is 4.99 Å². The highest BCUT2D eigenvalue weighted by molar-refractivity contribution is 6.10. The summed E-state index contributed by atoms with van der Waals surface area (Å²) in [6, 6.07) is 8.27. The van der Waals surface area contributed by atoms with Gasteiger partial charge in [-0.3, -0.25) is 4.79 Å². The van der Waals surface area contributed by atoms with Gasteiger partial charge in [-0.1, -0.05) is 24.3 Å². The predicted octanol–water partition coefficient (Wildman–Crippen LogP) is 2.57. The third-order valence-electron chi connectivity index (χ3n) is 3.69. The van der Waals surface area contributed by atoms with E-state index in [4.69, 9.17) is 4.74 Å². The smallest absolute Gasteiger partial charge is 0.243 e. The largest absolute Gasteiger partial charge is 0.365 e. The number of allylic oxidation sites excluding steroid dienone is 2. The highest BCUT2D eigenvalue weighted by atomic mass is 16.5. The summed E-state index contributed by atoms with van der Waals surface area (Å²) in [5.74, 6) is -0.183. The fourth-order valence-electron chi connectivity index (χ4n) is 2.89. The number of nitrogens with zero attached hydrogens (tertiary/aromatic N) is 1. The van der Waals surface area contributed by atoms with Gasteiger partial charge in [0.1, 0.15) is 5.60 Å². The topological polar surface area (TPSA) is 38.7 Å². The van der Waals surface area contributed by atoms with E-state index in [1.54, 1.807) is 7.11 Å². The Morgan fingerprint density at radius 1 is 1.37 bits per heavy atom. The Labute approximate surface area is 112 Å². The van der Waals surface area contributed by atoms with Crippen LogP contribution in [0.25, 0.3) is 0 Å². The molecule has 3 nitrogen and oxygen atoms in total. The minimum absolute atomic E-state index is 0.183. The molecule has 2 aliphatic carbocycles. The summed E-state index contributed by atoms with van der Waals surface area (Å²) in [6.07, 6.45) is 6.66. The molecule has 0 saturated carbocycles. The van der Waals surface area contributed by atoms with Gasteiger partial charge in [-0.05, 0) is 41.3 Å². The molecule has 0 aliphatic heterocycles. The number of rotatable bonds is 1. The number of carbonyl (C=O) groups is 1. The summed E-state index contributed by atoms with van der Waals surface area (Å²) in [6.45, 7) is 1.46. The zero-order valence-corrected chi connectivity index (χ0v) is 11.0. The number of amides is 1. The van der Waals surface area contributed by atoms with Crippen LogP contribution in [-0.2, 0) is 21.6 Å². The van der Waals surface area contributed by atoms with Gasteiger partial charge in [0.2, 0.25) is 5.91 Å². The van der Waals surface area contributed by atoms with Crippen LogP contribution < -0.4 is 0 Å². The molecule has 19 heavy (non-hydrogen) atoms. The summed E-state index contributed by atoms with van der Waals surface area (Å²) >= 11 is 0. The summed E-state index contributed by atoms with van der Waals surface area (Å²) in [5.41, 5.74) is 3.81. The van der Waals surface area contributed by atoms with Gasteiger partial charge in [0.25, 0.3) is 0 Å². The summed E-state index contributed by atoms with van der Waals surface area (Å²) in [7, 11) is 1.72. The van der Waals surface area contributed by atoms with Crippen molar-refractivity contribution in [1.82, 2.24) is 0 Å². The second kappa shape index (κ2) is 4.28. The van der Waals surface area contributed by atoms with Crippen molar-refractivity contribution in [2.75, 3.05) is 7.11 Å². The molecule has 1 aromatic carbocycles. The van der Waals surface area contributed by atoms with Crippen LogP contribution in [0.3, 0.4) is 0 Å². The van der Waals surface area contributed by atoms with E-state index in [2.05, 4.69) is 17.1 Å². The zero-order chi connectivity index (χ0) is 13.5. The number of hydrogen-bond donors (Lipinski definition) is 0. The van der Waals surface area contributed by atoms with Crippen LogP contribution in [0.4, 0.5) is 0 Å². The maximum Gasteiger partial charge on any atom is 0.243 e. The number of carbonyl (C=O) groups excluding carboxylic acids is 1. The van der Waals surface area contributed by atoms with Gasteiger partial charge in [-0.15, -0.1) is 0 Å². The zero-order valence-electron chi connectivity index (χ0n) is 11.0. The maximum absolute atomic E-state index is 11.1. The average molecular weight is 253 g/mol. The van der Waals surface area contributed by atoms with Gasteiger partial charge in [0, 0.05) is 14.0 Å². The fraction of sp³-hybridized carbons (Fsp3) is 0.250. The normalized spacial score (nSPS) is 26.0. The van der Waals surface area contributed by atoms with E-state index in [0.29, 0.717) is 5.71 Å². The molecular weight excluding hydrogens is 238 g/mol. The molecule has 0 fully saturated rings. The minimum Gasteiger partial charge on any atom is -0.365 e. The Balaban J connectivity index is 2.13. The van der Waals surface area contributed by atoms with Crippen LogP contribution in [-0.4, -0.2) is 18.7 Å². The number of benzene rings is 1. The molecule has 0 aromatic heterocycles. The molecule has 0 heterocycles. The van der Waals surface area contributed by atoms with Crippen molar-refractivity contribution in [3.8, 4) is 0 Å². The lowest BCUT2D eigenvalue weighted by Crippen LogP contribution is -2.28. The van der Waals surface area contributed by atoms with Gasteiger partial charge in [0.05, 0.1) is 5.71 Å². The predicted molar refractivity (Wildman–Crippen MR) is 74.2 cm³/mol. The Morgan fingerprint density at radius 3 is 2.89 bits per heavy atom. The molecule has 0 N–H and O–H groups in total. The molecule has 96 valence electrons.